The molecule has 2 aromatic heterocycles. The lowest BCUT2D eigenvalue weighted by Crippen LogP contribution is -2.44. The van der Waals surface area contributed by atoms with Crippen molar-refractivity contribution < 1.29 is 13.6 Å². The molecule has 0 aliphatic heterocycles. The van der Waals surface area contributed by atoms with Crippen molar-refractivity contribution in [2.24, 2.45) is 0 Å². The summed E-state index contributed by atoms with van der Waals surface area (Å²) >= 11 is 7.43. The SMILES string of the molecule is CNC1CCC(N(Cc2cccc(-c3cccnc3)c2)C(=O)c2sc3c(F)ccc(F)c3c2Cl)CC1. The lowest BCUT2D eigenvalue weighted by atomic mass is 9.89. The van der Waals surface area contributed by atoms with Crippen LogP contribution in [0, 0.1) is 11.6 Å². The van der Waals surface area contributed by atoms with Gasteiger partial charge in [0.05, 0.1) is 15.1 Å². The van der Waals surface area contributed by atoms with Crippen molar-refractivity contribution >= 4 is 38.9 Å². The van der Waals surface area contributed by atoms with Gasteiger partial charge in [-0.05, 0) is 73.7 Å². The molecule has 1 aliphatic carbocycles. The van der Waals surface area contributed by atoms with Crippen molar-refractivity contribution in [2.45, 2.75) is 44.3 Å². The van der Waals surface area contributed by atoms with E-state index in [1.807, 2.05) is 42.3 Å². The Morgan fingerprint density at radius 1 is 1.08 bits per heavy atom. The van der Waals surface area contributed by atoms with Gasteiger partial charge in [-0.25, -0.2) is 8.78 Å². The number of fused-ring (bicyclic) bond motifs is 1. The zero-order valence-corrected chi connectivity index (χ0v) is 21.4. The molecule has 0 saturated heterocycles. The fraction of sp³-hybridized carbons (Fsp3) is 0.286. The number of pyridine rings is 1. The van der Waals surface area contributed by atoms with E-state index in [9.17, 15) is 13.6 Å². The molecule has 4 nitrogen and oxygen atoms in total. The van der Waals surface area contributed by atoms with Crippen molar-refractivity contribution in [3.63, 3.8) is 0 Å². The van der Waals surface area contributed by atoms with Crippen LogP contribution in [0.2, 0.25) is 5.02 Å². The Kier molecular flexibility index (Phi) is 7.32. The monoisotopic (exact) mass is 525 g/mol. The summed E-state index contributed by atoms with van der Waals surface area (Å²) in [5.74, 6) is -1.50. The lowest BCUT2D eigenvalue weighted by Gasteiger charge is -2.37. The average Bonchev–Trinajstić information content (AvgIpc) is 3.28. The van der Waals surface area contributed by atoms with Gasteiger partial charge in [0.25, 0.3) is 5.91 Å². The number of halogens is 3. The van der Waals surface area contributed by atoms with E-state index in [1.54, 1.807) is 12.4 Å². The molecule has 1 aliphatic rings. The first-order valence-electron chi connectivity index (χ1n) is 12.0. The van der Waals surface area contributed by atoms with Crippen LogP contribution in [0.5, 0.6) is 0 Å². The molecular formula is C28H26ClF2N3OS. The van der Waals surface area contributed by atoms with Crippen LogP contribution in [0.3, 0.4) is 0 Å². The fourth-order valence-corrected chi connectivity index (χ4v) is 6.49. The quantitative estimate of drug-likeness (QED) is 0.293. The molecule has 1 fully saturated rings. The normalized spacial score (nSPS) is 17.9. The smallest absolute Gasteiger partial charge is 0.266 e. The van der Waals surface area contributed by atoms with Gasteiger partial charge in [0.15, 0.2) is 0 Å². The van der Waals surface area contributed by atoms with Crippen LogP contribution in [-0.4, -0.2) is 34.9 Å². The summed E-state index contributed by atoms with van der Waals surface area (Å²) in [6.45, 7) is 0.372. The van der Waals surface area contributed by atoms with Crippen LogP contribution in [-0.2, 0) is 6.54 Å². The highest BCUT2D eigenvalue weighted by Gasteiger charge is 2.32. The Morgan fingerprint density at radius 3 is 2.53 bits per heavy atom. The number of carbonyl (C=O) groups excluding carboxylic acids is 1. The zero-order valence-electron chi connectivity index (χ0n) is 19.8. The Bertz CT molecular complexity index is 1390. The van der Waals surface area contributed by atoms with Gasteiger partial charge in [-0.3, -0.25) is 9.78 Å². The van der Waals surface area contributed by atoms with Crippen LogP contribution in [0.15, 0.2) is 60.9 Å². The van der Waals surface area contributed by atoms with Crippen molar-refractivity contribution in [1.82, 2.24) is 15.2 Å². The summed E-state index contributed by atoms with van der Waals surface area (Å²) in [7, 11) is 1.96. The molecule has 0 spiro atoms. The summed E-state index contributed by atoms with van der Waals surface area (Å²) in [4.78, 5) is 20.2. The van der Waals surface area contributed by atoms with Crippen molar-refractivity contribution in [3.05, 3.63) is 88.0 Å². The fourth-order valence-electron chi connectivity index (χ4n) is 4.99. The first-order chi connectivity index (χ1) is 17.5. The average molecular weight is 526 g/mol. The Hall–Kier alpha value is -2.87. The van der Waals surface area contributed by atoms with Crippen LogP contribution < -0.4 is 5.32 Å². The second kappa shape index (κ2) is 10.6. The number of rotatable bonds is 6. The number of hydrogen-bond donors (Lipinski definition) is 1. The molecule has 1 amide bonds. The van der Waals surface area contributed by atoms with Crippen LogP contribution in [0.1, 0.15) is 40.9 Å². The molecule has 0 atom stereocenters. The summed E-state index contributed by atoms with van der Waals surface area (Å²) in [6, 6.07) is 14.4. The number of benzene rings is 2. The first kappa shape index (κ1) is 24.8. The van der Waals surface area contributed by atoms with E-state index in [1.165, 1.54) is 0 Å². The predicted octanol–water partition coefficient (Wildman–Crippen LogP) is 7.07. The molecule has 36 heavy (non-hydrogen) atoms. The standard InChI is InChI=1S/C28H26ClF2N3OS/c1-32-20-7-9-21(10-8-20)34(16-17-4-2-5-18(14-17)19-6-3-13-33-15-19)28(35)27-25(29)24-22(30)11-12-23(31)26(24)36-27/h2-6,11-15,20-21,32H,7-10,16H2,1H3. The van der Waals surface area contributed by atoms with Gasteiger partial charge in [-0.2, -0.15) is 0 Å². The molecule has 1 N–H and O–H groups in total. The van der Waals surface area contributed by atoms with Gasteiger partial charge < -0.3 is 10.2 Å². The Balaban J connectivity index is 1.51. The van der Waals surface area contributed by atoms with Gasteiger partial charge in [-0.15, -0.1) is 11.3 Å². The first-order valence-corrected chi connectivity index (χ1v) is 13.2. The number of hydrogen-bond acceptors (Lipinski definition) is 4. The second-order valence-corrected chi connectivity index (χ2v) is 10.5. The number of carbonyl (C=O) groups is 1. The third-order valence-corrected chi connectivity index (χ3v) is 8.63. The summed E-state index contributed by atoms with van der Waals surface area (Å²) in [5.41, 5.74) is 2.97. The highest BCUT2D eigenvalue weighted by molar-refractivity contribution is 7.21. The van der Waals surface area contributed by atoms with Crippen molar-refractivity contribution in [2.75, 3.05) is 7.05 Å². The number of aromatic nitrogens is 1. The maximum absolute atomic E-state index is 14.5. The molecule has 2 aromatic carbocycles. The highest BCUT2D eigenvalue weighted by Crippen LogP contribution is 2.40. The molecule has 0 radical (unpaired) electrons. The Morgan fingerprint density at radius 2 is 1.83 bits per heavy atom. The Labute approximate surface area is 217 Å². The lowest BCUT2D eigenvalue weighted by molar-refractivity contribution is 0.0606. The molecule has 4 aromatic rings. The number of thiophene rings is 1. The van der Waals surface area contributed by atoms with E-state index in [4.69, 9.17) is 11.6 Å². The van der Waals surface area contributed by atoms with E-state index >= 15 is 0 Å². The van der Waals surface area contributed by atoms with E-state index in [2.05, 4.69) is 16.4 Å². The van der Waals surface area contributed by atoms with Crippen LogP contribution in [0.25, 0.3) is 21.2 Å². The minimum Gasteiger partial charge on any atom is -0.331 e. The third kappa shape index (κ3) is 4.88. The maximum atomic E-state index is 14.5. The molecule has 0 unspecified atom stereocenters. The molecule has 0 bridgehead atoms. The number of nitrogens with one attached hydrogen (secondary N) is 1. The second-order valence-electron chi connectivity index (χ2n) is 9.15. The molecule has 186 valence electrons. The van der Waals surface area contributed by atoms with Crippen molar-refractivity contribution in [3.8, 4) is 11.1 Å². The minimum absolute atomic E-state index is 0.000112. The zero-order chi connectivity index (χ0) is 25.2. The number of nitrogens with zero attached hydrogens (tertiary/aromatic N) is 2. The van der Waals surface area contributed by atoms with E-state index in [-0.39, 0.29) is 31.9 Å². The van der Waals surface area contributed by atoms with E-state index < -0.39 is 11.6 Å². The largest absolute Gasteiger partial charge is 0.331 e. The number of amides is 1. The van der Waals surface area contributed by atoms with Gasteiger partial charge in [-0.1, -0.05) is 35.9 Å². The maximum Gasteiger partial charge on any atom is 0.266 e. The topological polar surface area (TPSA) is 45.2 Å². The van der Waals surface area contributed by atoms with Crippen molar-refractivity contribution in [1.29, 1.82) is 0 Å². The molecular weight excluding hydrogens is 500 g/mol. The highest BCUT2D eigenvalue weighted by atomic mass is 35.5. The summed E-state index contributed by atoms with van der Waals surface area (Å²) in [6.07, 6.45) is 7.11. The molecule has 1 saturated carbocycles. The molecule has 2 heterocycles. The van der Waals surface area contributed by atoms with Gasteiger partial charge in [0.2, 0.25) is 0 Å². The van der Waals surface area contributed by atoms with Crippen LogP contribution >= 0.6 is 22.9 Å². The van der Waals surface area contributed by atoms with E-state index in [0.29, 0.717) is 12.6 Å². The summed E-state index contributed by atoms with van der Waals surface area (Å²) < 4.78 is 29.0. The summed E-state index contributed by atoms with van der Waals surface area (Å²) in [5, 5.41) is 3.28. The van der Waals surface area contributed by atoms with Gasteiger partial charge >= 0.3 is 0 Å². The van der Waals surface area contributed by atoms with Crippen LogP contribution in [0.4, 0.5) is 8.78 Å². The molecule has 5 rings (SSSR count). The van der Waals surface area contributed by atoms with E-state index in [0.717, 1.165) is 65.8 Å². The molecule has 8 heteroatoms. The van der Waals surface area contributed by atoms with Gasteiger partial charge in [0.1, 0.15) is 16.5 Å². The van der Waals surface area contributed by atoms with Gasteiger partial charge in [0, 0.05) is 31.0 Å². The third-order valence-electron chi connectivity index (χ3n) is 6.96. The predicted molar refractivity (Wildman–Crippen MR) is 141 cm³/mol. The minimum atomic E-state index is -0.628.